The molecule has 1 atom stereocenters. The van der Waals surface area contributed by atoms with E-state index in [0.717, 1.165) is 13.0 Å². The van der Waals surface area contributed by atoms with Crippen LogP contribution in [0.4, 0.5) is 0 Å². The maximum Gasteiger partial charge on any atom is 0.354 e. The number of aromatic nitrogens is 2. The molecular formula is C10H15N3O2. The molecular weight excluding hydrogens is 194 g/mol. The van der Waals surface area contributed by atoms with Gasteiger partial charge in [0.2, 0.25) is 0 Å². The van der Waals surface area contributed by atoms with Gasteiger partial charge in [-0.3, -0.25) is 4.68 Å². The molecule has 0 spiro atoms. The Morgan fingerprint density at radius 2 is 2.53 bits per heavy atom. The molecule has 1 aromatic rings. The summed E-state index contributed by atoms with van der Waals surface area (Å²) in [6.07, 6.45) is 3.85. The summed E-state index contributed by atoms with van der Waals surface area (Å²) in [5, 5.41) is 13.0. The van der Waals surface area contributed by atoms with Crippen LogP contribution in [0.3, 0.4) is 0 Å². The van der Waals surface area contributed by atoms with Gasteiger partial charge in [-0.1, -0.05) is 0 Å². The number of hydrogen-bond acceptors (Lipinski definition) is 3. The Morgan fingerprint density at radius 3 is 3.13 bits per heavy atom. The Labute approximate surface area is 88.3 Å². The molecule has 1 aromatic heterocycles. The molecule has 1 aliphatic heterocycles. The molecule has 0 amide bonds. The summed E-state index contributed by atoms with van der Waals surface area (Å²) in [4.78, 5) is 13.1. The fourth-order valence-electron chi connectivity index (χ4n) is 2.07. The van der Waals surface area contributed by atoms with Gasteiger partial charge in [-0.25, -0.2) is 4.79 Å². The second-order valence-electron chi connectivity index (χ2n) is 3.98. The second-order valence-corrected chi connectivity index (χ2v) is 3.98. The minimum absolute atomic E-state index is 0.273. The molecule has 1 fully saturated rings. The zero-order valence-corrected chi connectivity index (χ0v) is 8.76. The van der Waals surface area contributed by atoms with E-state index >= 15 is 0 Å². The van der Waals surface area contributed by atoms with E-state index in [1.165, 1.54) is 12.5 Å². The number of likely N-dealkylation sites (N-methyl/N-ethyl adjacent to an activating group) is 1. The topological polar surface area (TPSA) is 58.4 Å². The van der Waals surface area contributed by atoms with Crippen molar-refractivity contribution >= 4 is 5.97 Å². The third-order valence-electron chi connectivity index (χ3n) is 2.99. The van der Waals surface area contributed by atoms with Crippen molar-refractivity contribution in [3.63, 3.8) is 0 Å². The maximum atomic E-state index is 10.9. The van der Waals surface area contributed by atoms with Crippen molar-refractivity contribution in [2.75, 3.05) is 13.6 Å². The lowest BCUT2D eigenvalue weighted by Gasteiger charge is -2.19. The predicted molar refractivity (Wildman–Crippen MR) is 54.8 cm³/mol. The van der Waals surface area contributed by atoms with Crippen LogP contribution in [0.2, 0.25) is 0 Å². The zero-order chi connectivity index (χ0) is 10.8. The third kappa shape index (κ3) is 2.02. The average Bonchev–Trinajstić information content (AvgIpc) is 2.77. The lowest BCUT2D eigenvalue weighted by Crippen LogP contribution is -2.30. The Morgan fingerprint density at radius 1 is 1.73 bits per heavy atom. The highest BCUT2D eigenvalue weighted by atomic mass is 16.4. The normalized spacial score (nSPS) is 22.1. The van der Waals surface area contributed by atoms with Crippen molar-refractivity contribution in [3.8, 4) is 0 Å². The molecule has 0 unspecified atom stereocenters. The van der Waals surface area contributed by atoms with Crippen molar-refractivity contribution in [2.24, 2.45) is 0 Å². The highest BCUT2D eigenvalue weighted by Crippen LogP contribution is 2.16. The van der Waals surface area contributed by atoms with E-state index < -0.39 is 5.97 Å². The van der Waals surface area contributed by atoms with E-state index in [4.69, 9.17) is 5.11 Å². The van der Waals surface area contributed by atoms with Crippen LogP contribution >= 0.6 is 0 Å². The maximum absolute atomic E-state index is 10.9. The molecule has 1 aliphatic rings. The molecule has 0 bridgehead atoms. The summed E-state index contributed by atoms with van der Waals surface area (Å²) in [5.41, 5.74) is 0.273. The van der Waals surface area contributed by atoms with Crippen LogP contribution in [-0.2, 0) is 6.54 Å². The molecule has 0 aromatic carbocycles. The molecule has 5 heteroatoms. The first kappa shape index (κ1) is 10.2. The standard InChI is InChI=1S/C10H15N3O2/c1-12-6-2-3-8(12)7-13-9(10(14)15)4-5-11-13/h4-5,8H,2-3,6-7H2,1H3,(H,14,15)/t8-/m0/s1. The predicted octanol–water partition coefficient (Wildman–Crippen LogP) is 0.675. The van der Waals surface area contributed by atoms with E-state index in [1.54, 1.807) is 10.9 Å². The number of carboxylic acids is 1. The van der Waals surface area contributed by atoms with Crippen LogP contribution in [0, 0.1) is 0 Å². The van der Waals surface area contributed by atoms with Gasteiger partial charge in [0.15, 0.2) is 0 Å². The highest BCUT2D eigenvalue weighted by molar-refractivity contribution is 5.85. The number of nitrogens with zero attached hydrogens (tertiary/aromatic N) is 3. The van der Waals surface area contributed by atoms with Crippen LogP contribution in [0.25, 0.3) is 0 Å². The van der Waals surface area contributed by atoms with Gasteiger partial charge < -0.3 is 10.0 Å². The quantitative estimate of drug-likeness (QED) is 0.795. The minimum Gasteiger partial charge on any atom is -0.477 e. The summed E-state index contributed by atoms with van der Waals surface area (Å²) in [6, 6.07) is 1.96. The first-order valence-electron chi connectivity index (χ1n) is 5.14. The SMILES string of the molecule is CN1CCC[C@H]1Cn1nccc1C(=O)O. The van der Waals surface area contributed by atoms with Crippen LogP contribution < -0.4 is 0 Å². The van der Waals surface area contributed by atoms with Gasteiger partial charge in [0.25, 0.3) is 0 Å². The van der Waals surface area contributed by atoms with E-state index in [9.17, 15) is 4.79 Å². The number of hydrogen-bond donors (Lipinski definition) is 1. The van der Waals surface area contributed by atoms with Crippen molar-refractivity contribution in [3.05, 3.63) is 18.0 Å². The fourth-order valence-corrected chi connectivity index (χ4v) is 2.07. The number of carbonyl (C=O) groups is 1. The van der Waals surface area contributed by atoms with Gasteiger partial charge in [-0.15, -0.1) is 0 Å². The van der Waals surface area contributed by atoms with Crippen molar-refractivity contribution < 1.29 is 9.90 Å². The minimum atomic E-state index is -0.909. The second kappa shape index (κ2) is 4.02. The van der Waals surface area contributed by atoms with Crippen molar-refractivity contribution in [2.45, 2.75) is 25.4 Å². The first-order chi connectivity index (χ1) is 7.18. The third-order valence-corrected chi connectivity index (χ3v) is 2.99. The lowest BCUT2D eigenvalue weighted by molar-refractivity contribution is 0.0681. The fraction of sp³-hybridized carbons (Fsp3) is 0.600. The first-order valence-corrected chi connectivity index (χ1v) is 5.14. The van der Waals surface area contributed by atoms with Crippen LogP contribution in [0.15, 0.2) is 12.3 Å². The molecule has 15 heavy (non-hydrogen) atoms. The molecule has 0 aliphatic carbocycles. The van der Waals surface area contributed by atoms with Crippen LogP contribution in [0.1, 0.15) is 23.3 Å². The smallest absolute Gasteiger partial charge is 0.354 e. The summed E-state index contributed by atoms with van der Waals surface area (Å²) < 4.78 is 1.58. The van der Waals surface area contributed by atoms with Gasteiger partial charge in [-0.2, -0.15) is 5.10 Å². The molecule has 2 rings (SSSR count). The Balaban J connectivity index is 2.10. The van der Waals surface area contributed by atoms with E-state index in [2.05, 4.69) is 17.0 Å². The van der Waals surface area contributed by atoms with Crippen molar-refractivity contribution in [1.29, 1.82) is 0 Å². The largest absolute Gasteiger partial charge is 0.477 e. The molecule has 82 valence electrons. The number of aromatic carboxylic acids is 1. The summed E-state index contributed by atoms with van der Waals surface area (Å²) in [5.74, 6) is -0.909. The number of likely N-dealkylation sites (tertiary alicyclic amines) is 1. The van der Waals surface area contributed by atoms with E-state index in [-0.39, 0.29) is 5.69 Å². The highest BCUT2D eigenvalue weighted by Gasteiger charge is 2.23. The van der Waals surface area contributed by atoms with E-state index in [0.29, 0.717) is 12.6 Å². The summed E-state index contributed by atoms with van der Waals surface area (Å²) in [6.45, 7) is 1.76. The number of carboxylic acid groups (broad SMARTS) is 1. The average molecular weight is 209 g/mol. The molecule has 0 saturated carbocycles. The van der Waals surface area contributed by atoms with Crippen LogP contribution in [-0.4, -0.2) is 45.4 Å². The molecule has 1 N–H and O–H groups in total. The molecule has 1 saturated heterocycles. The zero-order valence-electron chi connectivity index (χ0n) is 8.76. The molecule has 5 nitrogen and oxygen atoms in total. The van der Waals surface area contributed by atoms with Gasteiger partial charge in [0, 0.05) is 12.2 Å². The summed E-state index contributed by atoms with van der Waals surface area (Å²) >= 11 is 0. The molecule has 0 radical (unpaired) electrons. The lowest BCUT2D eigenvalue weighted by atomic mass is 10.2. The monoisotopic (exact) mass is 209 g/mol. The van der Waals surface area contributed by atoms with Crippen LogP contribution in [0.5, 0.6) is 0 Å². The van der Waals surface area contributed by atoms with Gasteiger partial charge in [-0.05, 0) is 32.5 Å². The Bertz CT molecular complexity index is 361. The summed E-state index contributed by atoms with van der Waals surface area (Å²) in [7, 11) is 2.07. The van der Waals surface area contributed by atoms with Crippen molar-refractivity contribution in [1.82, 2.24) is 14.7 Å². The van der Waals surface area contributed by atoms with Gasteiger partial charge in [0.1, 0.15) is 5.69 Å². The Kier molecular flexibility index (Phi) is 2.73. The number of rotatable bonds is 3. The van der Waals surface area contributed by atoms with Gasteiger partial charge in [0.05, 0.1) is 6.54 Å². The Hall–Kier alpha value is -1.36. The van der Waals surface area contributed by atoms with Gasteiger partial charge >= 0.3 is 5.97 Å². The van der Waals surface area contributed by atoms with E-state index in [1.807, 2.05) is 0 Å². The molecule has 2 heterocycles.